The molecule has 1 unspecified atom stereocenters. The van der Waals surface area contributed by atoms with Gasteiger partial charge in [0.25, 0.3) is 0 Å². The molecule has 0 saturated carbocycles. The number of hydrogen-bond acceptors (Lipinski definition) is 3. The van der Waals surface area contributed by atoms with Crippen molar-refractivity contribution in [3.05, 3.63) is 23.5 Å². The number of aliphatic hydroxyl groups excluding tert-OH is 2. The lowest BCUT2D eigenvalue weighted by molar-refractivity contribution is 0.210. The van der Waals surface area contributed by atoms with Crippen molar-refractivity contribution in [2.75, 3.05) is 13.6 Å². The summed E-state index contributed by atoms with van der Waals surface area (Å²) in [4.78, 5) is 0. The lowest BCUT2D eigenvalue weighted by Gasteiger charge is -2.19. The molecule has 1 aliphatic rings. The van der Waals surface area contributed by atoms with Crippen LogP contribution in [0.1, 0.15) is 13.3 Å². The van der Waals surface area contributed by atoms with Crippen LogP contribution in [0.25, 0.3) is 0 Å². The molecule has 2 atom stereocenters. The van der Waals surface area contributed by atoms with Crippen LogP contribution in [0.3, 0.4) is 0 Å². The lowest BCUT2D eigenvalue weighted by atomic mass is 9.94. The van der Waals surface area contributed by atoms with Crippen LogP contribution in [0.5, 0.6) is 0 Å². The first-order valence-corrected chi connectivity index (χ1v) is 4.58. The van der Waals surface area contributed by atoms with Gasteiger partial charge in [-0.2, -0.15) is 0 Å². The van der Waals surface area contributed by atoms with Crippen LogP contribution in [-0.2, 0) is 0 Å². The summed E-state index contributed by atoms with van der Waals surface area (Å²) in [6, 6.07) is 0. The van der Waals surface area contributed by atoms with E-state index in [0.29, 0.717) is 12.3 Å². The molecule has 13 heavy (non-hydrogen) atoms. The van der Waals surface area contributed by atoms with Gasteiger partial charge in [-0.25, -0.2) is 0 Å². The number of nitrogens with one attached hydrogen (secondary N) is 1. The van der Waals surface area contributed by atoms with Crippen molar-refractivity contribution in [2.45, 2.75) is 19.4 Å². The minimum absolute atomic E-state index is 0.186. The monoisotopic (exact) mass is 183 g/mol. The first-order chi connectivity index (χ1) is 6.15. The summed E-state index contributed by atoms with van der Waals surface area (Å²) in [6.45, 7) is 2.48. The van der Waals surface area contributed by atoms with Gasteiger partial charge in [0.15, 0.2) is 0 Å². The predicted octanol–water partition coefficient (Wildman–Crippen LogP) is 0.975. The number of aliphatic hydroxyl groups is 2. The fraction of sp³-hybridized carbons (Fsp3) is 0.600. The number of hydrogen-bond donors (Lipinski definition) is 3. The standard InChI is InChI=1S/C10H17NO2/c1-7-3-4-8(5-9(7)12)10(13)6-11-2/h4-5,7,10-13H,3,6H2,1-2H3/t7?,10-/m0/s1. The Balaban J connectivity index is 2.63. The highest BCUT2D eigenvalue weighted by Gasteiger charge is 2.16. The highest BCUT2D eigenvalue weighted by atomic mass is 16.3. The highest BCUT2D eigenvalue weighted by molar-refractivity contribution is 5.29. The fourth-order valence-corrected chi connectivity index (χ4v) is 1.35. The molecule has 1 aliphatic carbocycles. The van der Waals surface area contributed by atoms with E-state index < -0.39 is 6.10 Å². The number of allylic oxidation sites excluding steroid dienone is 2. The van der Waals surface area contributed by atoms with Crippen molar-refractivity contribution in [1.29, 1.82) is 0 Å². The van der Waals surface area contributed by atoms with Crippen molar-refractivity contribution in [3.8, 4) is 0 Å². The van der Waals surface area contributed by atoms with Crippen LogP contribution in [0.4, 0.5) is 0 Å². The third kappa shape index (κ3) is 2.57. The molecule has 3 N–H and O–H groups in total. The summed E-state index contributed by atoms with van der Waals surface area (Å²) in [7, 11) is 1.79. The molecule has 0 aliphatic heterocycles. The van der Waals surface area contributed by atoms with E-state index in [9.17, 15) is 10.2 Å². The third-order valence-electron chi connectivity index (χ3n) is 2.31. The molecule has 0 radical (unpaired) electrons. The van der Waals surface area contributed by atoms with Crippen molar-refractivity contribution in [2.24, 2.45) is 5.92 Å². The molecule has 74 valence electrons. The summed E-state index contributed by atoms with van der Waals surface area (Å²) < 4.78 is 0. The largest absolute Gasteiger partial charge is 0.512 e. The molecule has 3 nitrogen and oxygen atoms in total. The maximum atomic E-state index is 9.59. The maximum absolute atomic E-state index is 9.59. The Kier molecular flexibility index (Phi) is 3.51. The normalized spacial score (nSPS) is 25.0. The molecular weight excluding hydrogens is 166 g/mol. The zero-order valence-corrected chi connectivity index (χ0v) is 8.12. The van der Waals surface area contributed by atoms with E-state index in [1.165, 1.54) is 0 Å². The predicted molar refractivity (Wildman–Crippen MR) is 52.5 cm³/mol. The zero-order valence-electron chi connectivity index (χ0n) is 8.12. The van der Waals surface area contributed by atoms with Gasteiger partial charge in [-0.15, -0.1) is 0 Å². The van der Waals surface area contributed by atoms with Gasteiger partial charge >= 0.3 is 0 Å². The molecule has 0 bridgehead atoms. The summed E-state index contributed by atoms with van der Waals surface area (Å²) in [5.41, 5.74) is 0.810. The Bertz CT molecular complexity index is 233. The topological polar surface area (TPSA) is 52.5 Å². The Morgan fingerprint density at radius 1 is 1.69 bits per heavy atom. The maximum Gasteiger partial charge on any atom is 0.0957 e. The highest BCUT2D eigenvalue weighted by Crippen LogP contribution is 2.22. The van der Waals surface area contributed by atoms with E-state index in [0.717, 1.165) is 12.0 Å². The minimum Gasteiger partial charge on any atom is -0.512 e. The number of likely N-dealkylation sites (N-methyl/N-ethyl adjacent to an activating group) is 1. The summed E-state index contributed by atoms with van der Waals surface area (Å²) in [5, 5.41) is 21.9. The summed E-state index contributed by atoms with van der Waals surface area (Å²) >= 11 is 0. The van der Waals surface area contributed by atoms with Crippen LogP contribution in [0.2, 0.25) is 0 Å². The van der Waals surface area contributed by atoms with E-state index in [2.05, 4.69) is 5.32 Å². The Hall–Kier alpha value is -0.800. The van der Waals surface area contributed by atoms with Crippen LogP contribution in [-0.4, -0.2) is 29.9 Å². The molecule has 0 fully saturated rings. The first kappa shape index (κ1) is 10.3. The van der Waals surface area contributed by atoms with E-state index in [1.807, 2.05) is 13.0 Å². The van der Waals surface area contributed by atoms with Gasteiger partial charge in [0.2, 0.25) is 0 Å². The average Bonchev–Trinajstić information content (AvgIpc) is 2.10. The van der Waals surface area contributed by atoms with Crippen molar-refractivity contribution in [1.82, 2.24) is 5.32 Å². The quantitative estimate of drug-likeness (QED) is 0.611. The van der Waals surface area contributed by atoms with Gasteiger partial charge in [-0.05, 0) is 25.1 Å². The van der Waals surface area contributed by atoms with Crippen molar-refractivity contribution < 1.29 is 10.2 Å². The molecule has 1 rings (SSSR count). The van der Waals surface area contributed by atoms with E-state index >= 15 is 0 Å². The molecule has 0 saturated heterocycles. The van der Waals surface area contributed by atoms with E-state index in [4.69, 9.17) is 0 Å². The van der Waals surface area contributed by atoms with Crippen molar-refractivity contribution >= 4 is 0 Å². The van der Waals surface area contributed by atoms with E-state index in [1.54, 1.807) is 13.1 Å². The SMILES string of the molecule is CNC[C@H](O)C1=CCC(C)C(O)=C1. The smallest absolute Gasteiger partial charge is 0.0957 e. The second kappa shape index (κ2) is 4.44. The summed E-state index contributed by atoms with van der Waals surface area (Å²) in [6.07, 6.45) is 3.93. The molecular formula is C10H17NO2. The van der Waals surface area contributed by atoms with Gasteiger partial charge in [-0.3, -0.25) is 0 Å². The Morgan fingerprint density at radius 2 is 2.38 bits per heavy atom. The molecule has 0 heterocycles. The van der Waals surface area contributed by atoms with Gasteiger partial charge in [0, 0.05) is 12.5 Å². The molecule has 0 aromatic carbocycles. The number of rotatable bonds is 3. The molecule has 0 aromatic rings. The molecule has 0 aromatic heterocycles. The second-order valence-corrected chi connectivity index (χ2v) is 3.48. The lowest BCUT2D eigenvalue weighted by Crippen LogP contribution is -2.26. The Labute approximate surface area is 78.8 Å². The minimum atomic E-state index is -0.514. The van der Waals surface area contributed by atoms with Gasteiger partial charge in [0.05, 0.1) is 11.9 Å². The van der Waals surface area contributed by atoms with Gasteiger partial charge in [-0.1, -0.05) is 13.0 Å². The van der Waals surface area contributed by atoms with Crippen molar-refractivity contribution in [3.63, 3.8) is 0 Å². The fourth-order valence-electron chi connectivity index (χ4n) is 1.35. The van der Waals surface area contributed by atoms with Gasteiger partial charge in [0.1, 0.15) is 0 Å². The van der Waals surface area contributed by atoms with Gasteiger partial charge < -0.3 is 15.5 Å². The zero-order chi connectivity index (χ0) is 9.84. The summed E-state index contributed by atoms with van der Waals surface area (Å²) in [5.74, 6) is 0.554. The second-order valence-electron chi connectivity index (χ2n) is 3.48. The first-order valence-electron chi connectivity index (χ1n) is 4.58. The molecule has 3 heteroatoms. The molecule has 0 amide bonds. The van der Waals surface area contributed by atoms with E-state index in [-0.39, 0.29) is 5.92 Å². The van der Waals surface area contributed by atoms with Crippen LogP contribution >= 0.6 is 0 Å². The third-order valence-corrected chi connectivity index (χ3v) is 2.31. The average molecular weight is 183 g/mol. The van der Waals surface area contributed by atoms with Crippen LogP contribution in [0, 0.1) is 5.92 Å². The van der Waals surface area contributed by atoms with Crippen LogP contribution < -0.4 is 5.32 Å². The Morgan fingerprint density at radius 3 is 2.92 bits per heavy atom. The van der Waals surface area contributed by atoms with Crippen LogP contribution in [0.15, 0.2) is 23.5 Å². The molecule has 0 spiro atoms.